The van der Waals surface area contributed by atoms with Gasteiger partial charge in [-0.3, -0.25) is 4.79 Å². The van der Waals surface area contributed by atoms with Crippen LogP contribution in [0, 0.1) is 0 Å². The number of carbonyl (C=O) groups is 2. The zero-order chi connectivity index (χ0) is 13.1. The Morgan fingerprint density at radius 2 is 2.11 bits per heavy atom. The van der Waals surface area contributed by atoms with Crippen molar-refractivity contribution in [3.63, 3.8) is 0 Å². The summed E-state index contributed by atoms with van der Waals surface area (Å²) in [7, 11) is 0. The van der Waals surface area contributed by atoms with Gasteiger partial charge in [-0.25, -0.2) is 9.48 Å². The Labute approximate surface area is 103 Å². The van der Waals surface area contributed by atoms with Crippen molar-refractivity contribution >= 4 is 11.9 Å². The van der Waals surface area contributed by atoms with Crippen LogP contribution < -0.4 is 0 Å². The van der Waals surface area contributed by atoms with Crippen molar-refractivity contribution < 1.29 is 19.4 Å². The Bertz CT molecular complexity index is 452. The summed E-state index contributed by atoms with van der Waals surface area (Å²) in [5, 5.41) is 15.9. The van der Waals surface area contributed by atoms with Crippen molar-refractivity contribution in [3.05, 3.63) is 11.9 Å². The van der Waals surface area contributed by atoms with Crippen LogP contribution in [0.25, 0.3) is 0 Å². The zero-order valence-corrected chi connectivity index (χ0v) is 9.94. The van der Waals surface area contributed by atoms with E-state index >= 15 is 0 Å². The fraction of sp³-hybridized carbons (Fsp3) is 0.600. The molecule has 8 heteroatoms. The van der Waals surface area contributed by atoms with E-state index in [0.717, 1.165) is 0 Å². The van der Waals surface area contributed by atoms with Crippen LogP contribution in [-0.2, 0) is 9.53 Å². The number of hydrogen-bond acceptors (Lipinski definition) is 5. The van der Waals surface area contributed by atoms with E-state index in [9.17, 15) is 9.59 Å². The summed E-state index contributed by atoms with van der Waals surface area (Å²) in [4.78, 5) is 24.5. The third kappa shape index (κ3) is 2.48. The summed E-state index contributed by atoms with van der Waals surface area (Å²) in [5.74, 6) is -1.27. The second-order valence-electron chi connectivity index (χ2n) is 4.00. The summed E-state index contributed by atoms with van der Waals surface area (Å²) >= 11 is 0. The minimum Gasteiger partial charge on any atom is -0.476 e. The number of amides is 1. The van der Waals surface area contributed by atoms with Crippen LogP contribution >= 0.6 is 0 Å². The lowest BCUT2D eigenvalue weighted by Gasteiger charge is -2.29. The molecule has 0 saturated carbocycles. The van der Waals surface area contributed by atoms with Crippen molar-refractivity contribution in [1.29, 1.82) is 0 Å². The molecular formula is C10H14N4O4. The summed E-state index contributed by atoms with van der Waals surface area (Å²) in [5.41, 5.74) is -0.170. The van der Waals surface area contributed by atoms with Gasteiger partial charge in [-0.2, -0.15) is 0 Å². The first-order valence-corrected chi connectivity index (χ1v) is 5.61. The third-order valence-corrected chi connectivity index (χ3v) is 2.81. The van der Waals surface area contributed by atoms with E-state index in [-0.39, 0.29) is 11.6 Å². The van der Waals surface area contributed by atoms with Crippen LogP contribution in [0.4, 0.5) is 0 Å². The number of aromatic nitrogens is 3. The van der Waals surface area contributed by atoms with Crippen LogP contribution in [0.3, 0.4) is 0 Å². The number of rotatable bonds is 3. The fourth-order valence-corrected chi connectivity index (χ4v) is 1.73. The Kier molecular flexibility index (Phi) is 3.56. The van der Waals surface area contributed by atoms with E-state index in [0.29, 0.717) is 26.3 Å². The van der Waals surface area contributed by atoms with Crippen LogP contribution in [0.2, 0.25) is 0 Å². The maximum absolute atomic E-state index is 12.1. The third-order valence-electron chi connectivity index (χ3n) is 2.81. The number of aromatic carboxylic acids is 1. The second kappa shape index (κ2) is 5.13. The number of carboxylic acid groups (broad SMARTS) is 1. The molecule has 1 aliphatic rings. The lowest BCUT2D eigenvalue weighted by molar-refractivity contribution is -0.138. The van der Waals surface area contributed by atoms with E-state index in [2.05, 4.69) is 10.3 Å². The molecule has 2 heterocycles. The first-order chi connectivity index (χ1) is 8.59. The van der Waals surface area contributed by atoms with Gasteiger partial charge in [-0.05, 0) is 6.92 Å². The van der Waals surface area contributed by atoms with Gasteiger partial charge in [-0.15, -0.1) is 5.10 Å². The predicted molar refractivity (Wildman–Crippen MR) is 59.1 cm³/mol. The van der Waals surface area contributed by atoms with Gasteiger partial charge in [-0.1, -0.05) is 5.21 Å². The number of ether oxygens (including phenoxy) is 1. The van der Waals surface area contributed by atoms with Crippen molar-refractivity contribution in [2.45, 2.75) is 13.0 Å². The number of morpholine rings is 1. The molecule has 0 aliphatic carbocycles. The van der Waals surface area contributed by atoms with E-state index in [1.54, 1.807) is 11.8 Å². The Morgan fingerprint density at radius 3 is 2.67 bits per heavy atom. The average molecular weight is 254 g/mol. The van der Waals surface area contributed by atoms with Crippen LogP contribution in [-0.4, -0.2) is 63.2 Å². The lowest BCUT2D eigenvalue weighted by Crippen LogP contribution is -2.43. The number of hydrogen-bond donors (Lipinski definition) is 1. The lowest BCUT2D eigenvalue weighted by atomic mass is 10.2. The standard InChI is InChI=1S/C10H14N4O4/c1-7(9(15)13-2-4-18-5-3-13)14-6-8(10(16)17)11-12-14/h6-7H,2-5H2,1H3,(H,16,17). The Morgan fingerprint density at radius 1 is 1.44 bits per heavy atom. The molecule has 0 aromatic carbocycles. The zero-order valence-electron chi connectivity index (χ0n) is 9.94. The molecule has 8 nitrogen and oxygen atoms in total. The number of nitrogens with zero attached hydrogens (tertiary/aromatic N) is 4. The summed E-state index contributed by atoms with van der Waals surface area (Å²) in [6, 6.07) is -0.566. The molecule has 2 rings (SSSR count). The second-order valence-corrected chi connectivity index (χ2v) is 4.00. The van der Waals surface area contributed by atoms with Crippen LogP contribution in [0.5, 0.6) is 0 Å². The predicted octanol–water partition coefficient (Wildman–Crippen LogP) is -0.604. The molecule has 1 N–H and O–H groups in total. The largest absolute Gasteiger partial charge is 0.476 e. The average Bonchev–Trinajstić information content (AvgIpc) is 2.88. The highest BCUT2D eigenvalue weighted by atomic mass is 16.5. The van der Waals surface area contributed by atoms with Crippen LogP contribution in [0.15, 0.2) is 6.20 Å². The maximum atomic E-state index is 12.1. The first-order valence-electron chi connectivity index (χ1n) is 5.61. The topological polar surface area (TPSA) is 97.5 Å². The Balaban J connectivity index is 2.06. The molecule has 98 valence electrons. The molecule has 0 spiro atoms. The number of carbonyl (C=O) groups excluding carboxylic acids is 1. The van der Waals surface area contributed by atoms with Gasteiger partial charge in [0.2, 0.25) is 5.91 Å². The van der Waals surface area contributed by atoms with Crippen molar-refractivity contribution in [1.82, 2.24) is 19.9 Å². The molecule has 0 radical (unpaired) electrons. The highest BCUT2D eigenvalue weighted by molar-refractivity contribution is 5.85. The monoisotopic (exact) mass is 254 g/mol. The van der Waals surface area contributed by atoms with Gasteiger partial charge in [0.25, 0.3) is 0 Å². The molecular weight excluding hydrogens is 240 g/mol. The first kappa shape index (κ1) is 12.5. The number of carboxylic acids is 1. The fourth-order valence-electron chi connectivity index (χ4n) is 1.73. The molecule has 1 aromatic heterocycles. The molecule has 1 aromatic rings. The van der Waals surface area contributed by atoms with Gasteiger partial charge in [0, 0.05) is 13.1 Å². The van der Waals surface area contributed by atoms with E-state index in [1.807, 2.05) is 0 Å². The van der Waals surface area contributed by atoms with E-state index < -0.39 is 12.0 Å². The summed E-state index contributed by atoms with van der Waals surface area (Å²) in [6.07, 6.45) is 1.26. The Hall–Kier alpha value is -1.96. The van der Waals surface area contributed by atoms with Gasteiger partial charge in [0.05, 0.1) is 19.4 Å². The molecule has 1 amide bonds. The molecule has 18 heavy (non-hydrogen) atoms. The van der Waals surface area contributed by atoms with Crippen molar-refractivity contribution in [3.8, 4) is 0 Å². The molecule has 1 fully saturated rings. The quantitative estimate of drug-likeness (QED) is 0.773. The highest BCUT2D eigenvalue weighted by Crippen LogP contribution is 2.10. The SMILES string of the molecule is CC(C(=O)N1CCOCC1)n1cc(C(=O)O)nn1. The molecule has 1 saturated heterocycles. The molecule has 0 bridgehead atoms. The summed E-state index contributed by atoms with van der Waals surface area (Å²) < 4.78 is 6.43. The molecule has 1 atom stereocenters. The summed E-state index contributed by atoms with van der Waals surface area (Å²) in [6.45, 7) is 3.80. The highest BCUT2D eigenvalue weighted by Gasteiger charge is 2.25. The minimum absolute atomic E-state index is 0.111. The minimum atomic E-state index is -1.16. The smallest absolute Gasteiger partial charge is 0.358 e. The van der Waals surface area contributed by atoms with Gasteiger partial charge >= 0.3 is 5.97 Å². The van der Waals surface area contributed by atoms with Crippen molar-refractivity contribution in [2.24, 2.45) is 0 Å². The van der Waals surface area contributed by atoms with Crippen molar-refractivity contribution in [2.75, 3.05) is 26.3 Å². The normalized spacial score (nSPS) is 17.5. The van der Waals surface area contributed by atoms with Gasteiger partial charge in [0.15, 0.2) is 5.69 Å². The maximum Gasteiger partial charge on any atom is 0.358 e. The van der Waals surface area contributed by atoms with E-state index in [1.165, 1.54) is 10.9 Å². The molecule has 1 unspecified atom stereocenters. The molecule has 1 aliphatic heterocycles. The van der Waals surface area contributed by atoms with Gasteiger partial charge < -0.3 is 14.7 Å². The van der Waals surface area contributed by atoms with Crippen LogP contribution in [0.1, 0.15) is 23.5 Å². The van der Waals surface area contributed by atoms with E-state index in [4.69, 9.17) is 9.84 Å². The van der Waals surface area contributed by atoms with Gasteiger partial charge in [0.1, 0.15) is 6.04 Å².